The second kappa shape index (κ2) is 2.85. The van der Waals surface area contributed by atoms with Crippen LogP contribution in [0.5, 0.6) is 0 Å². The number of rotatable bonds is 0. The molecule has 1 aromatic carbocycles. The van der Waals surface area contributed by atoms with E-state index in [1.54, 1.807) is 0 Å². The SMILES string of the molecule is Fc1cc(F)c2c(c1)CCCC2. The molecule has 0 unspecified atom stereocenters. The summed E-state index contributed by atoms with van der Waals surface area (Å²) in [5.74, 6) is -0.821. The molecule has 0 heterocycles. The lowest BCUT2D eigenvalue weighted by Crippen LogP contribution is -2.05. The van der Waals surface area contributed by atoms with Crippen molar-refractivity contribution in [1.82, 2.24) is 0 Å². The molecule has 1 aliphatic rings. The van der Waals surface area contributed by atoms with Crippen LogP contribution in [0.3, 0.4) is 0 Å². The summed E-state index contributed by atoms with van der Waals surface area (Å²) in [5, 5.41) is 0. The molecule has 1 aliphatic carbocycles. The lowest BCUT2D eigenvalue weighted by Gasteiger charge is -2.15. The molecule has 0 saturated carbocycles. The first kappa shape index (κ1) is 7.71. The van der Waals surface area contributed by atoms with Gasteiger partial charge in [-0.3, -0.25) is 0 Å². The molecule has 0 atom stereocenters. The standard InChI is InChI=1S/C10H10F2/c11-8-5-7-3-1-2-4-9(7)10(12)6-8/h5-6H,1-4H2. The highest BCUT2D eigenvalue weighted by Gasteiger charge is 2.14. The fourth-order valence-electron chi connectivity index (χ4n) is 1.78. The maximum Gasteiger partial charge on any atom is 0.129 e. The summed E-state index contributed by atoms with van der Waals surface area (Å²) in [5.41, 5.74) is 1.58. The molecule has 1 aromatic rings. The minimum Gasteiger partial charge on any atom is -0.207 e. The number of hydrogen-bond donors (Lipinski definition) is 0. The van der Waals surface area contributed by atoms with Gasteiger partial charge in [-0.05, 0) is 42.9 Å². The van der Waals surface area contributed by atoms with Crippen molar-refractivity contribution in [3.63, 3.8) is 0 Å². The monoisotopic (exact) mass is 168 g/mol. The van der Waals surface area contributed by atoms with E-state index in [1.165, 1.54) is 6.07 Å². The van der Waals surface area contributed by atoms with Crippen LogP contribution in [0, 0.1) is 11.6 Å². The van der Waals surface area contributed by atoms with E-state index in [0.717, 1.165) is 42.9 Å². The summed E-state index contributed by atoms with van der Waals surface area (Å²) < 4.78 is 25.8. The van der Waals surface area contributed by atoms with Crippen molar-refractivity contribution in [2.75, 3.05) is 0 Å². The van der Waals surface area contributed by atoms with Crippen molar-refractivity contribution in [2.45, 2.75) is 25.7 Å². The Bertz CT molecular complexity index is 305. The van der Waals surface area contributed by atoms with E-state index in [1.807, 2.05) is 0 Å². The average molecular weight is 168 g/mol. The Hall–Kier alpha value is -0.920. The minimum atomic E-state index is -0.451. The van der Waals surface area contributed by atoms with Gasteiger partial charge in [-0.2, -0.15) is 0 Å². The first-order chi connectivity index (χ1) is 5.77. The van der Waals surface area contributed by atoms with E-state index < -0.39 is 5.82 Å². The molecule has 0 fully saturated rings. The topological polar surface area (TPSA) is 0 Å². The van der Waals surface area contributed by atoms with Crippen molar-refractivity contribution in [3.05, 3.63) is 34.9 Å². The van der Waals surface area contributed by atoms with Crippen LogP contribution in [0.2, 0.25) is 0 Å². The second-order valence-corrected chi connectivity index (χ2v) is 3.23. The first-order valence-electron chi connectivity index (χ1n) is 4.24. The van der Waals surface area contributed by atoms with Crippen LogP contribution in [0.25, 0.3) is 0 Å². The van der Waals surface area contributed by atoms with Crippen LogP contribution in [0.4, 0.5) is 8.78 Å². The molecular formula is C10H10F2. The van der Waals surface area contributed by atoms with Crippen molar-refractivity contribution < 1.29 is 8.78 Å². The largest absolute Gasteiger partial charge is 0.207 e. The molecule has 0 bridgehead atoms. The average Bonchev–Trinajstić information content (AvgIpc) is 2.04. The molecule has 0 radical (unpaired) electrons. The van der Waals surface area contributed by atoms with Gasteiger partial charge >= 0.3 is 0 Å². The van der Waals surface area contributed by atoms with Gasteiger partial charge in [0.25, 0.3) is 0 Å². The van der Waals surface area contributed by atoms with Crippen molar-refractivity contribution >= 4 is 0 Å². The summed E-state index contributed by atoms with van der Waals surface area (Å²) in [4.78, 5) is 0. The zero-order valence-corrected chi connectivity index (χ0v) is 6.74. The zero-order valence-electron chi connectivity index (χ0n) is 6.74. The molecule has 0 nitrogen and oxygen atoms in total. The number of fused-ring (bicyclic) bond motifs is 1. The Labute approximate surface area is 70.2 Å². The van der Waals surface area contributed by atoms with Crippen LogP contribution in [-0.2, 0) is 12.8 Å². The van der Waals surface area contributed by atoms with E-state index in [4.69, 9.17) is 0 Å². The molecule has 0 aliphatic heterocycles. The lowest BCUT2D eigenvalue weighted by atomic mass is 9.91. The van der Waals surface area contributed by atoms with Crippen LogP contribution < -0.4 is 0 Å². The van der Waals surface area contributed by atoms with Crippen molar-refractivity contribution in [3.8, 4) is 0 Å². The predicted molar refractivity (Wildman–Crippen MR) is 43.0 cm³/mol. The van der Waals surface area contributed by atoms with Crippen LogP contribution in [0.15, 0.2) is 12.1 Å². The molecule has 2 rings (SSSR count). The summed E-state index contributed by atoms with van der Waals surface area (Å²) in [6.07, 6.45) is 3.66. The quantitative estimate of drug-likeness (QED) is 0.558. The van der Waals surface area contributed by atoms with Gasteiger partial charge in [0.2, 0.25) is 0 Å². The van der Waals surface area contributed by atoms with E-state index in [2.05, 4.69) is 0 Å². The van der Waals surface area contributed by atoms with Crippen LogP contribution in [-0.4, -0.2) is 0 Å². The van der Waals surface area contributed by atoms with Crippen LogP contribution >= 0.6 is 0 Å². The number of benzene rings is 1. The molecule has 0 aromatic heterocycles. The van der Waals surface area contributed by atoms with Gasteiger partial charge in [-0.25, -0.2) is 8.78 Å². The number of aryl methyl sites for hydroxylation is 1. The van der Waals surface area contributed by atoms with Gasteiger partial charge in [0, 0.05) is 6.07 Å². The zero-order chi connectivity index (χ0) is 8.55. The highest BCUT2D eigenvalue weighted by molar-refractivity contribution is 5.31. The molecule has 0 saturated heterocycles. The van der Waals surface area contributed by atoms with E-state index >= 15 is 0 Å². The van der Waals surface area contributed by atoms with Crippen LogP contribution in [0.1, 0.15) is 24.0 Å². The third-order valence-electron chi connectivity index (χ3n) is 2.38. The lowest BCUT2D eigenvalue weighted by molar-refractivity contribution is 0.548. The van der Waals surface area contributed by atoms with Gasteiger partial charge in [-0.1, -0.05) is 0 Å². The normalized spacial score (nSPS) is 15.8. The summed E-state index contributed by atoms with van der Waals surface area (Å²) in [7, 11) is 0. The Morgan fingerprint density at radius 1 is 1.00 bits per heavy atom. The third kappa shape index (κ3) is 1.22. The Morgan fingerprint density at radius 2 is 1.75 bits per heavy atom. The Balaban J connectivity index is 2.53. The molecule has 12 heavy (non-hydrogen) atoms. The smallest absolute Gasteiger partial charge is 0.129 e. The predicted octanol–water partition coefficient (Wildman–Crippen LogP) is 2.84. The Morgan fingerprint density at radius 3 is 2.58 bits per heavy atom. The maximum atomic E-state index is 13.1. The highest BCUT2D eigenvalue weighted by Crippen LogP contribution is 2.24. The van der Waals surface area contributed by atoms with Gasteiger partial charge in [0.05, 0.1) is 0 Å². The van der Waals surface area contributed by atoms with Gasteiger partial charge < -0.3 is 0 Å². The highest BCUT2D eigenvalue weighted by atomic mass is 19.1. The van der Waals surface area contributed by atoms with Crippen molar-refractivity contribution in [2.24, 2.45) is 0 Å². The number of halogens is 2. The van der Waals surface area contributed by atoms with Crippen molar-refractivity contribution in [1.29, 1.82) is 0 Å². The van der Waals surface area contributed by atoms with Gasteiger partial charge in [-0.15, -0.1) is 0 Å². The molecule has 0 amide bonds. The minimum absolute atomic E-state index is 0.371. The Kier molecular flexibility index (Phi) is 1.83. The van der Waals surface area contributed by atoms with Gasteiger partial charge in [0.1, 0.15) is 11.6 Å². The third-order valence-corrected chi connectivity index (χ3v) is 2.38. The summed E-state index contributed by atoms with van der Waals surface area (Å²) in [6, 6.07) is 2.43. The van der Waals surface area contributed by atoms with E-state index in [9.17, 15) is 8.78 Å². The molecule has 0 N–H and O–H groups in total. The first-order valence-corrected chi connectivity index (χ1v) is 4.24. The molecule has 2 heteroatoms. The molecule has 0 spiro atoms. The maximum absolute atomic E-state index is 13.1. The van der Waals surface area contributed by atoms with E-state index in [-0.39, 0.29) is 5.82 Å². The van der Waals surface area contributed by atoms with E-state index in [0.29, 0.717) is 0 Å². The summed E-state index contributed by atoms with van der Waals surface area (Å²) in [6.45, 7) is 0. The fourth-order valence-corrected chi connectivity index (χ4v) is 1.78. The fraction of sp³-hybridized carbons (Fsp3) is 0.400. The molecular weight excluding hydrogens is 158 g/mol. The second-order valence-electron chi connectivity index (χ2n) is 3.23. The summed E-state index contributed by atoms with van der Waals surface area (Å²) >= 11 is 0. The molecule has 64 valence electrons. The number of hydrogen-bond acceptors (Lipinski definition) is 0. The van der Waals surface area contributed by atoms with Gasteiger partial charge in [0.15, 0.2) is 0 Å².